The Bertz CT molecular complexity index is 1170. The number of fused-ring (bicyclic) bond motifs is 1. The largest absolute Gasteiger partial charge is 0.472 e. The predicted octanol–water partition coefficient (Wildman–Crippen LogP) is 6.50. The SMILES string of the molecule is CCc1cc(/C=C/c2nc3cccc(Cl)c3o2)c(OCc2ccccc2)nc1C. The molecule has 0 atom stereocenters. The normalized spacial score (nSPS) is 11.4. The van der Waals surface area contributed by atoms with Gasteiger partial charge in [0.15, 0.2) is 5.58 Å². The summed E-state index contributed by atoms with van der Waals surface area (Å²) < 4.78 is 11.8. The first-order valence-corrected chi connectivity index (χ1v) is 9.92. The van der Waals surface area contributed by atoms with Gasteiger partial charge in [0.05, 0.1) is 5.02 Å². The van der Waals surface area contributed by atoms with Gasteiger partial charge in [0.1, 0.15) is 12.1 Å². The lowest BCUT2D eigenvalue weighted by Gasteiger charge is -2.12. The number of ether oxygens (including phenoxy) is 1. The van der Waals surface area contributed by atoms with E-state index in [0.29, 0.717) is 29.0 Å². The van der Waals surface area contributed by atoms with Crippen LogP contribution < -0.4 is 4.74 Å². The molecule has 0 aliphatic rings. The standard InChI is InChI=1S/C24H21ClN2O2/c1-3-18-14-19(12-13-22-27-21-11-7-10-20(25)23(21)29-22)24(26-16(18)2)28-15-17-8-5-4-6-9-17/h4-14H,3,15H2,1-2H3/b13-12+. The van der Waals surface area contributed by atoms with Crippen LogP contribution in [0.4, 0.5) is 0 Å². The lowest BCUT2D eigenvalue weighted by atomic mass is 10.1. The molecule has 0 radical (unpaired) electrons. The summed E-state index contributed by atoms with van der Waals surface area (Å²) in [6, 6.07) is 17.7. The van der Waals surface area contributed by atoms with Gasteiger partial charge in [-0.25, -0.2) is 9.97 Å². The number of aryl methyl sites for hydroxylation is 2. The van der Waals surface area contributed by atoms with Crippen LogP contribution >= 0.6 is 11.6 Å². The van der Waals surface area contributed by atoms with Crippen LogP contribution in [0.25, 0.3) is 23.3 Å². The van der Waals surface area contributed by atoms with E-state index in [1.807, 2.05) is 61.5 Å². The van der Waals surface area contributed by atoms with Gasteiger partial charge in [-0.2, -0.15) is 0 Å². The smallest absolute Gasteiger partial charge is 0.221 e. The van der Waals surface area contributed by atoms with E-state index >= 15 is 0 Å². The minimum absolute atomic E-state index is 0.456. The van der Waals surface area contributed by atoms with Crippen molar-refractivity contribution in [3.8, 4) is 5.88 Å². The highest BCUT2D eigenvalue weighted by Crippen LogP contribution is 2.27. The molecule has 2 aromatic carbocycles. The van der Waals surface area contributed by atoms with Gasteiger partial charge in [-0.05, 0) is 48.7 Å². The number of halogens is 1. The topological polar surface area (TPSA) is 48.2 Å². The molecular weight excluding hydrogens is 384 g/mol. The van der Waals surface area contributed by atoms with Gasteiger partial charge in [-0.1, -0.05) is 54.9 Å². The average molecular weight is 405 g/mol. The second-order valence-corrected chi connectivity index (χ2v) is 7.14. The third kappa shape index (κ3) is 4.33. The summed E-state index contributed by atoms with van der Waals surface area (Å²) in [6.45, 7) is 4.58. The molecule has 0 N–H and O–H groups in total. The molecular formula is C24H21ClN2O2. The summed E-state index contributed by atoms with van der Waals surface area (Å²) in [5.74, 6) is 1.08. The lowest BCUT2D eigenvalue weighted by molar-refractivity contribution is 0.292. The van der Waals surface area contributed by atoms with Crippen molar-refractivity contribution in [1.82, 2.24) is 9.97 Å². The quantitative estimate of drug-likeness (QED) is 0.368. The molecule has 0 bridgehead atoms. The Labute approximate surface area is 174 Å². The number of hydrogen-bond acceptors (Lipinski definition) is 4. The van der Waals surface area contributed by atoms with Crippen LogP contribution in [0.5, 0.6) is 5.88 Å². The highest BCUT2D eigenvalue weighted by molar-refractivity contribution is 6.34. The molecule has 0 aliphatic carbocycles. The summed E-state index contributed by atoms with van der Waals surface area (Å²) in [5.41, 5.74) is 5.45. The maximum Gasteiger partial charge on any atom is 0.221 e. The van der Waals surface area contributed by atoms with Crippen molar-refractivity contribution in [2.24, 2.45) is 0 Å². The third-order valence-corrected chi connectivity index (χ3v) is 5.00. The molecule has 0 saturated carbocycles. The summed E-state index contributed by atoms with van der Waals surface area (Å²) in [7, 11) is 0. The van der Waals surface area contributed by atoms with Crippen LogP contribution in [0.3, 0.4) is 0 Å². The van der Waals surface area contributed by atoms with Crippen LogP contribution in [0.2, 0.25) is 5.02 Å². The number of benzene rings is 2. The number of pyridine rings is 1. The molecule has 0 fully saturated rings. The maximum absolute atomic E-state index is 6.18. The van der Waals surface area contributed by atoms with Crippen molar-refractivity contribution >= 4 is 34.9 Å². The number of aromatic nitrogens is 2. The minimum atomic E-state index is 0.456. The summed E-state index contributed by atoms with van der Waals surface area (Å²) >= 11 is 6.18. The third-order valence-electron chi connectivity index (χ3n) is 4.70. The van der Waals surface area contributed by atoms with Gasteiger partial charge in [0.2, 0.25) is 11.8 Å². The van der Waals surface area contributed by atoms with E-state index in [9.17, 15) is 0 Å². The highest BCUT2D eigenvalue weighted by Gasteiger charge is 2.10. The van der Waals surface area contributed by atoms with Crippen LogP contribution in [0.15, 0.2) is 59.0 Å². The first-order chi connectivity index (χ1) is 14.1. The highest BCUT2D eigenvalue weighted by atomic mass is 35.5. The van der Waals surface area contributed by atoms with E-state index in [1.165, 1.54) is 5.56 Å². The summed E-state index contributed by atoms with van der Waals surface area (Å²) in [4.78, 5) is 9.16. The fraction of sp³-hybridized carbons (Fsp3) is 0.167. The molecule has 0 amide bonds. The molecule has 2 aromatic heterocycles. The molecule has 5 heteroatoms. The zero-order valence-electron chi connectivity index (χ0n) is 16.4. The van der Waals surface area contributed by atoms with E-state index in [4.69, 9.17) is 20.8 Å². The lowest BCUT2D eigenvalue weighted by Crippen LogP contribution is -2.02. The Kier molecular flexibility index (Phi) is 5.63. The van der Waals surface area contributed by atoms with Crippen molar-refractivity contribution in [3.05, 3.63) is 87.9 Å². The Morgan fingerprint density at radius 3 is 2.62 bits per heavy atom. The summed E-state index contributed by atoms with van der Waals surface area (Å²) in [6.07, 6.45) is 4.64. The van der Waals surface area contributed by atoms with Gasteiger partial charge in [0, 0.05) is 17.3 Å². The first kappa shape index (κ1) is 19.2. The Balaban J connectivity index is 1.64. The first-order valence-electron chi connectivity index (χ1n) is 9.54. The Hall–Kier alpha value is -3.11. The predicted molar refractivity (Wildman–Crippen MR) is 117 cm³/mol. The van der Waals surface area contributed by atoms with Gasteiger partial charge in [-0.3, -0.25) is 0 Å². The molecule has 4 aromatic rings. The number of hydrogen-bond donors (Lipinski definition) is 0. The summed E-state index contributed by atoms with van der Waals surface area (Å²) in [5, 5.41) is 0.548. The maximum atomic E-state index is 6.18. The average Bonchev–Trinajstić information content (AvgIpc) is 3.17. The molecule has 0 saturated heterocycles. The molecule has 4 rings (SSSR count). The van der Waals surface area contributed by atoms with Gasteiger partial charge in [-0.15, -0.1) is 0 Å². The molecule has 0 unspecified atom stereocenters. The number of nitrogens with zero attached hydrogens (tertiary/aromatic N) is 2. The molecule has 4 nitrogen and oxygen atoms in total. The van der Waals surface area contributed by atoms with E-state index in [1.54, 1.807) is 6.07 Å². The van der Waals surface area contributed by atoms with Crippen LogP contribution in [-0.2, 0) is 13.0 Å². The fourth-order valence-corrected chi connectivity index (χ4v) is 3.33. The van der Waals surface area contributed by atoms with Crippen molar-refractivity contribution < 1.29 is 9.15 Å². The number of oxazole rings is 1. The van der Waals surface area contributed by atoms with Gasteiger partial charge < -0.3 is 9.15 Å². The minimum Gasteiger partial charge on any atom is -0.472 e. The molecule has 0 aliphatic heterocycles. The van der Waals surface area contributed by atoms with Crippen molar-refractivity contribution in [2.45, 2.75) is 26.9 Å². The zero-order chi connectivity index (χ0) is 20.2. The number of rotatable bonds is 6. The Morgan fingerprint density at radius 1 is 1.03 bits per heavy atom. The zero-order valence-corrected chi connectivity index (χ0v) is 17.1. The van der Waals surface area contributed by atoms with E-state index in [2.05, 4.69) is 23.0 Å². The second kappa shape index (κ2) is 8.50. The van der Waals surface area contributed by atoms with E-state index in [0.717, 1.165) is 28.8 Å². The molecule has 0 spiro atoms. The van der Waals surface area contributed by atoms with Crippen molar-refractivity contribution in [2.75, 3.05) is 0 Å². The molecule has 29 heavy (non-hydrogen) atoms. The van der Waals surface area contributed by atoms with E-state index in [-0.39, 0.29) is 0 Å². The fourth-order valence-electron chi connectivity index (χ4n) is 3.13. The second-order valence-electron chi connectivity index (χ2n) is 6.73. The van der Waals surface area contributed by atoms with Crippen molar-refractivity contribution in [3.63, 3.8) is 0 Å². The Morgan fingerprint density at radius 2 is 1.86 bits per heavy atom. The van der Waals surface area contributed by atoms with Crippen molar-refractivity contribution in [1.29, 1.82) is 0 Å². The number of para-hydroxylation sites is 1. The van der Waals surface area contributed by atoms with Gasteiger partial charge in [0.25, 0.3) is 0 Å². The van der Waals surface area contributed by atoms with Crippen LogP contribution in [0.1, 0.15) is 35.2 Å². The molecule has 146 valence electrons. The van der Waals surface area contributed by atoms with Crippen LogP contribution in [0, 0.1) is 6.92 Å². The monoisotopic (exact) mass is 404 g/mol. The molecule has 2 heterocycles. The van der Waals surface area contributed by atoms with Crippen LogP contribution in [-0.4, -0.2) is 9.97 Å². The van der Waals surface area contributed by atoms with Gasteiger partial charge >= 0.3 is 0 Å². The van der Waals surface area contributed by atoms with E-state index < -0.39 is 0 Å².